The average molecular weight is 432 g/mol. The summed E-state index contributed by atoms with van der Waals surface area (Å²) in [5, 5.41) is 5.40. The normalized spacial score (nSPS) is 20.7. The smallest absolute Gasteiger partial charge is 0.490 e. The summed E-state index contributed by atoms with van der Waals surface area (Å²) in [5.41, 5.74) is 2.81. The number of benzene rings is 1. The van der Waals surface area contributed by atoms with Crippen molar-refractivity contribution in [2.24, 2.45) is 7.05 Å². The first-order chi connectivity index (χ1) is 14.7. The van der Waals surface area contributed by atoms with E-state index in [1.54, 1.807) is 28.8 Å². The number of aryl methyl sites for hydroxylation is 2. The quantitative estimate of drug-likeness (QED) is 0.628. The first kappa shape index (κ1) is 19.7. The number of alkyl halides is 3. The van der Waals surface area contributed by atoms with E-state index in [4.69, 9.17) is 4.74 Å². The van der Waals surface area contributed by atoms with Crippen LogP contribution in [-0.2, 0) is 7.05 Å². The second-order valence-corrected chi connectivity index (χ2v) is 7.82. The number of halogens is 3. The molecule has 31 heavy (non-hydrogen) atoms. The number of amides is 1. The molecule has 0 N–H and O–H groups in total. The first-order valence-electron chi connectivity index (χ1n) is 9.87. The molecule has 2 aliphatic rings. The first-order valence-corrected chi connectivity index (χ1v) is 9.87. The fourth-order valence-electron chi connectivity index (χ4n) is 4.44. The third kappa shape index (κ3) is 3.45. The lowest BCUT2D eigenvalue weighted by molar-refractivity contribution is -0.274. The van der Waals surface area contributed by atoms with Gasteiger partial charge in [0.25, 0.3) is 5.91 Å². The molecule has 2 unspecified atom stereocenters. The van der Waals surface area contributed by atoms with Crippen LogP contribution in [0.5, 0.6) is 11.5 Å². The highest BCUT2D eigenvalue weighted by Crippen LogP contribution is 2.41. The zero-order chi connectivity index (χ0) is 21.9. The molecule has 4 heterocycles. The van der Waals surface area contributed by atoms with E-state index in [-0.39, 0.29) is 29.6 Å². The van der Waals surface area contributed by atoms with Crippen molar-refractivity contribution in [1.82, 2.24) is 19.7 Å². The third-order valence-electron chi connectivity index (χ3n) is 5.65. The van der Waals surface area contributed by atoms with E-state index in [9.17, 15) is 18.0 Å². The fourth-order valence-corrected chi connectivity index (χ4v) is 4.44. The van der Waals surface area contributed by atoms with Gasteiger partial charge in [0.15, 0.2) is 5.65 Å². The second kappa shape index (κ2) is 6.86. The molecule has 1 saturated heterocycles. The summed E-state index contributed by atoms with van der Waals surface area (Å²) in [7, 11) is 1.80. The van der Waals surface area contributed by atoms with E-state index in [0.717, 1.165) is 16.8 Å². The Bertz CT molecular complexity index is 1190. The topological polar surface area (TPSA) is 69.5 Å². The minimum absolute atomic E-state index is 0.0555. The summed E-state index contributed by atoms with van der Waals surface area (Å²) in [6.07, 6.45) is -4.01. The Morgan fingerprint density at radius 1 is 1.19 bits per heavy atom. The van der Waals surface area contributed by atoms with Crippen LogP contribution in [0.2, 0.25) is 0 Å². The van der Waals surface area contributed by atoms with Gasteiger partial charge in [-0.2, -0.15) is 5.10 Å². The maximum absolute atomic E-state index is 13.1. The molecular formula is C21H19F3N4O3. The van der Waals surface area contributed by atoms with E-state index >= 15 is 0 Å². The van der Waals surface area contributed by atoms with Gasteiger partial charge < -0.3 is 14.4 Å². The molecule has 2 aromatic heterocycles. The van der Waals surface area contributed by atoms with Crippen molar-refractivity contribution in [2.45, 2.75) is 38.3 Å². The maximum atomic E-state index is 13.1. The van der Waals surface area contributed by atoms with Gasteiger partial charge in [-0.1, -0.05) is 6.07 Å². The zero-order valence-corrected chi connectivity index (χ0v) is 16.8. The Kier molecular flexibility index (Phi) is 4.35. The lowest BCUT2D eigenvalue weighted by atomic mass is 9.89. The van der Waals surface area contributed by atoms with Gasteiger partial charge in [-0.05, 0) is 25.1 Å². The third-order valence-corrected chi connectivity index (χ3v) is 5.65. The number of hydrogen-bond acceptors (Lipinski definition) is 5. The lowest BCUT2D eigenvalue weighted by Crippen LogP contribution is -2.46. The molecule has 0 spiro atoms. The van der Waals surface area contributed by atoms with Crippen LogP contribution in [0, 0.1) is 6.92 Å². The number of fused-ring (bicyclic) bond motifs is 2. The minimum atomic E-state index is -4.77. The molecule has 0 bridgehead atoms. The molecule has 2 atom stereocenters. The van der Waals surface area contributed by atoms with Crippen LogP contribution in [0.1, 0.15) is 40.6 Å². The highest BCUT2D eigenvalue weighted by atomic mass is 19.4. The zero-order valence-electron chi connectivity index (χ0n) is 16.8. The Morgan fingerprint density at radius 3 is 2.74 bits per heavy atom. The molecule has 1 amide bonds. The number of rotatable bonds is 3. The molecule has 0 radical (unpaired) electrons. The molecule has 2 aliphatic heterocycles. The van der Waals surface area contributed by atoms with E-state index in [1.807, 2.05) is 6.92 Å². The van der Waals surface area contributed by atoms with Crippen LogP contribution < -0.4 is 9.47 Å². The molecule has 3 aromatic rings. The summed E-state index contributed by atoms with van der Waals surface area (Å²) in [6, 6.07) is 6.99. The van der Waals surface area contributed by atoms with Crippen molar-refractivity contribution in [3.8, 4) is 11.5 Å². The summed E-state index contributed by atoms with van der Waals surface area (Å²) in [5.74, 6) is -0.108. The fraction of sp³-hybridized carbons (Fsp3) is 0.381. The number of carbonyl (C=O) groups excluding carboxylic acids is 1. The molecule has 1 aromatic carbocycles. The van der Waals surface area contributed by atoms with Gasteiger partial charge in [0.1, 0.15) is 17.6 Å². The maximum Gasteiger partial charge on any atom is 0.573 e. The number of pyridine rings is 1. The molecular weight excluding hydrogens is 413 g/mol. The number of nitrogens with zero attached hydrogens (tertiary/aromatic N) is 4. The van der Waals surface area contributed by atoms with Crippen molar-refractivity contribution >= 4 is 16.9 Å². The summed E-state index contributed by atoms with van der Waals surface area (Å²) in [6.45, 7) is 2.31. The predicted octanol–water partition coefficient (Wildman–Crippen LogP) is 3.91. The largest absolute Gasteiger partial charge is 0.573 e. The Hall–Kier alpha value is -3.30. The molecule has 1 fully saturated rings. The van der Waals surface area contributed by atoms with Gasteiger partial charge in [-0.15, -0.1) is 13.2 Å². The summed E-state index contributed by atoms with van der Waals surface area (Å²) in [4.78, 5) is 19.5. The second-order valence-electron chi connectivity index (χ2n) is 7.82. The van der Waals surface area contributed by atoms with E-state index < -0.39 is 6.36 Å². The summed E-state index contributed by atoms with van der Waals surface area (Å²) >= 11 is 0. The predicted molar refractivity (Wildman–Crippen MR) is 104 cm³/mol. The van der Waals surface area contributed by atoms with E-state index in [1.165, 1.54) is 18.2 Å². The van der Waals surface area contributed by atoms with Crippen LogP contribution in [0.15, 0.2) is 30.3 Å². The van der Waals surface area contributed by atoms with Crippen molar-refractivity contribution in [2.75, 3.05) is 6.54 Å². The SMILES string of the molecule is Cc1cc2c3c(nn(C)c3n1)C1CC(Oc3cccc(OC(F)(F)F)c3)CCN1C2=O. The number of piperidine rings is 1. The Morgan fingerprint density at radius 2 is 1.97 bits per heavy atom. The van der Waals surface area contributed by atoms with E-state index in [0.29, 0.717) is 30.6 Å². The molecule has 0 aliphatic carbocycles. The van der Waals surface area contributed by atoms with Crippen LogP contribution in [-0.4, -0.2) is 44.6 Å². The van der Waals surface area contributed by atoms with Gasteiger partial charge >= 0.3 is 6.36 Å². The average Bonchev–Trinajstić information content (AvgIpc) is 3.02. The molecule has 10 heteroatoms. The van der Waals surface area contributed by atoms with Crippen LogP contribution >= 0.6 is 0 Å². The lowest BCUT2D eigenvalue weighted by Gasteiger charge is -2.41. The number of carbonyl (C=O) groups is 1. The Balaban J connectivity index is 1.42. The minimum Gasteiger partial charge on any atom is -0.490 e. The highest BCUT2D eigenvalue weighted by molar-refractivity contribution is 6.08. The highest BCUT2D eigenvalue weighted by Gasteiger charge is 2.42. The van der Waals surface area contributed by atoms with Gasteiger partial charge in [0, 0.05) is 38.2 Å². The van der Waals surface area contributed by atoms with Crippen LogP contribution in [0.3, 0.4) is 0 Å². The molecule has 5 rings (SSSR count). The van der Waals surface area contributed by atoms with Crippen LogP contribution in [0.4, 0.5) is 13.2 Å². The number of ether oxygens (including phenoxy) is 2. The van der Waals surface area contributed by atoms with Crippen molar-refractivity contribution in [1.29, 1.82) is 0 Å². The van der Waals surface area contributed by atoms with E-state index in [2.05, 4.69) is 14.8 Å². The van der Waals surface area contributed by atoms with Gasteiger partial charge in [-0.25, -0.2) is 4.98 Å². The molecule has 162 valence electrons. The monoisotopic (exact) mass is 432 g/mol. The number of hydrogen-bond donors (Lipinski definition) is 0. The standard InChI is InChI=1S/C21H19F3N4O3/c1-11-8-15-17-18(26-27(2)19(17)25-11)16-10-13(6-7-28(16)20(15)29)30-12-4-3-5-14(9-12)31-21(22,23)24/h3-5,8-9,13,16H,6-7,10H2,1-2H3. The van der Waals surface area contributed by atoms with Gasteiger partial charge in [0.05, 0.1) is 22.7 Å². The van der Waals surface area contributed by atoms with Crippen molar-refractivity contribution < 1.29 is 27.4 Å². The van der Waals surface area contributed by atoms with Crippen molar-refractivity contribution in [3.63, 3.8) is 0 Å². The number of aromatic nitrogens is 3. The van der Waals surface area contributed by atoms with Gasteiger partial charge in [-0.3, -0.25) is 9.48 Å². The molecule has 7 nitrogen and oxygen atoms in total. The van der Waals surface area contributed by atoms with Crippen LogP contribution in [0.25, 0.3) is 11.0 Å². The molecule has 0 saturated carbocycles. The Labute approximate surface area is 175 Å². The summed E-state index contributed by atoms with van der Waals surface area (Å²) < 4.78 is 49.1. The van der Waals surface area contributed by atoms with Gasteiger partial charge in [0.2, 0.25) is 0 Å². The van der Waals surface area contributed by atoms with Crippen molar-refractivity contribution in [3.05, 3.63) is 47.3 Å².